The largest absolute Gasteiger partial charge is 0.465 e. The van der Waals surface area contributed by atoms with Gasteiger partial charge in [-0.05, 0) is 36.7 Å². The molecule has 3 rings (SSSR count). The first-order valence-electron chi connectivity index (χ1n) is 9.26. The van der Waals surface area contributed by atoms with Gasteiger partial charge in [-0.25, -0.2) is 4.79 Å². The quantitative estimate of drug-likeness (QED) is 0.464. The van der Waals surface area contributed by atoms with Crippen molar-refractivity contribution in [3.8, 4) is 0 Å². The predicted molar refractivity (Wildman–Crippen MR) is 118 cm³/mol. The van der Waals surface area contributed by atoms with E-state index >= 15 is 0 Å². The van der Waals surface area contributed by atoms with Crippen molar-refractivity contribution < 1.29 is 14.3 Å². The molecule has 6 heteroatoms. The van der Waals surface area contributed by atoms with E-state index in [0.29, 0.717) is 24.2 Å². The van der Waals surface area contributed by atoms with Crippen molar-refractivity contribution in [2.75, 3.05) is 20.2 Å². The number of hydrogen-bond donors (Lipinski definition) is 2. The Kier molecular flexibility index (Phi) is 7.12. The summed E-state index contributed by atoms with van der Waals surface area (Å²) in [5, 5.41) is 5.73. The van der Waals surface area contributed by atoms with Crippen LogP contribution in [0.5, 0.6) is 0 Å². The normalized spacial score (nSPS) is 10.6. The minimum atomic E-state index is -1.06. The molecule has 3 aromatic carbocycles. The summed E-state index contributed by atoms with van der Waals surface area (Å²) in [6.07, 6.45) is 0. The second-order valence-corrected chi connectivity index (χ2v) is 8.46. The molecular formula is C23H23N2O3P. The van der Waals surface area contributed by atoms with Crippen molar-refractivity contribution in [1.82, 2.24) is 5.32 Å². The van der Waals surface area contributed by atoms with E-state index in [2.05, 4.69) is 5.32 Å². The number of amides is 1. The predicted octanol–water partition coefficient (Wildman–Crippen LogP) is 1.92. The van der Waals surface area contributed by atoms with E-state index in [4.69, 9.17) is 10.5 Å². The Labute approximate surface area is 171 Å². The molecule has 0 fully saturated rings. The summed E-state index contributed by atoms with van der Waals surface area (Å²) in [5.41, 5.74) is 6.44. The van der Waals surface area contributed by atoms with Gasteiger partial charge in [-0.2, -0.15) is 0 Å². The fourth-order valence-electron chi connectivity index (χ4n) is 3.01. The fourth-order valence-corrected chi connectivity index (χ4v) is 5.48. The molecule has 0 aromatic heterocycles. The number of ether oxygens (including phenoxy) is 1. The first-order valence-corrected chi connectivity index (χ1v) is 10.6. The van der Waals surface area contributed by atoms with Crippen LogP contribution in [0.4, 0.5) is 0 Å². The molecule has 0 aliphatic heterocycles. The molecule has 3 N–H and O–H groups in total. The fraction of sp³-hybridized carbons (Fsp3) is 0.130. The average molecular weight is 406 g/mol. The van der Waals surface area contributed by atoms with Crippen LogP contribution in [0.3, 0.4) is 0 Å². The summed E-state index contributed by atoms with van der Waals surface area (Å²) in [7, 11) is 0.298. The molecule has 0 bridgehead atoms. The topological polar surface area (TPSA) is 81.4 Å². The number of nitrogens with two attached hydrogens (primary N) is 1. The molecule has 0 saturated carbocycles. The third-order valence-electron chi connectivity index (χ3n) is 4.36. The Balaban J connectivity index is 2.19. The van der Waals surface area contributed by atoms with Gasteiger partial charge < -0.3 is 15.8 Å². The number of nitrogens with one attached hydrogen (secondary N) is 1. The number of carbonyl (C=O) groups excluding carboxylic acids is 2. The second kappa shape index (κ2) is 9.97. The van der Waals surface area contributed by atoms with Crippen LogP contribution in [0.15, 0.2) is 78.9 Å². The molecule has 0 aliphatic rings. The third-order valence-corrected chi connectivity index (χ3v) is 6.85. The van der Waals surface area contributed by atoms with Gasteiger partial charge in [-0.15, -0.1) is 0 Å². The molecule has 3 aromatic rings. The van der Waals surface area contributed by atoms with Crippen LogP contribution in [0.1, 0.15) is 20.7 Å². The Bertz CT molecular complexity index is 938. The summed E-state index contributed by atoms with van der Waals surface area (Å²) < 4.78 is 5.02. The lowest BCUT2D eigenvalue weighted by atomic mass is 10.1. The van der Waals surface area contributed by atoms with E-state index in [-0.39, 0.29) is 5.91 Å². The number of esters is 1. The van der Waals surface area contributed by atoms with Crippen LogP contribution in [0.25, 0.3) is 0 Å². The van der Waals surface area contributed by atoms with Crippen LogP contribution >= 0.6 is 7.92 Å². The lowest BCUT2D eigenvalue weighted by Gasteiger charge is -2.22. The van der Waals surface area contributed by atoms with E-state index in [1.807, 2.05) is 60.7 Å². The van der Waals surface area contributed by atoms with Gasteiger partial charge >= 0.3 is 5.97 Å². The number of carbonyl (C=O) groups is 2. The highest BCUT2D eigenvalue weighted by Crippen LogP contribution is 2.34. The molecule has 0 atom stereocenters. The second-order valence-electron chi connectivity index (χ2n) is 6.27. The molecule has 0 spiro atoms. The van der Waals surface area contributed by atoms with Gasteiger partial charge in [0.15, 0.2) is 0 Å². The van der Waals surface area contributed by atoms with E-state index in [1.54, 1.807) is 18.2 Å². The van der Waals surface area contributed by atoms with E-state index in [1.165, 1.54) is 7.11 Å². The number of methoxy groups -OCH3 is 1. The highest BCUT2D eigenvalue weighted by molar-refractivity contribution is 7.80. The van der Waals surface area contributed by atoms with Crippen molar-refractivity contribution in [1.29, 1.82) is 0 Å². The zero-order valence-electron chi connectivity index (χ0n) is 16.2. The van der Waals surface area contributed by atoms with Crippen LogP contribution in [-0.2, 0) is 4.74 Å². The number of benzene rings is 3. The molecule has 0 aliphatic carbocycles. The Morgan fingerprint density at radius 1 is 0.931 bits per heavy atom. The van der Waals surface area contributed by atoms with E-state index in [0.717, 1.165) is 15.9 Å². The van der Waals surface area contributed by atoms with Gasteiger partial charge in [0, 0.05) is 24.0 Å². The summed E-state index contributed by atoms with van der Waals surface area (Å²) in [6, 6.07) is 25.1. The van der Waals surface area contributed by atoms with Gasteiger partial charge in [0.1, 0.15) is 0 Å². The number of rotatable bonds is 7. The third kappa shape index (κ3) is 4.89. The van der Waals surface area contributed by atoms with Crippen molar-refractivity contribution in [2.24, 2.45) is 5.73 Å². The average Bonchev–Trinajstić information content (AvgIpc) is 2.78. The van der Waals surface area contributed by atoms with Crippen LogP contribution in [0, 0.1) is 0 Å². The molecule has 29 heavy (non-hydrogen) atoms. The van der Waals surface area contributed by atoms with Gasteiger partial charge in [0.05, 0.1) is 12.7 Å². The van der Waals surface area contributed by atoms with Gasteiger partial charge in [0.2, 0.25) is 0 Å². The highest BCUT2D eigenvalue weighted by atomic mass is 31.1. The molecule has 0 radical (unpaired) electrons. The Morgan fingerprint density at radius 3 is 2.03 bits per heavy atom. The molecular weight excluding hydrogens is 383 g/mol. The lowest BCUT2D eigenvalue weighted by Crippen LogP contribution is -2.31. The zero-order chi connectivity index (χ0) is 20.6. The van der Waals surface area contributed by atoms with Crippen molar-refractivity contribution in [2.45, 2.75) is 0 Å². The first-order chi connectivity index (χ1) is 14.2. The zero-order valence-corrected chi connectivity index (χ0v) is 17.1. The maximum absolute atomic E-state index is 12.5. The molecule has 0 unspecified atom stereocenters. The van der Waals surface area contributed by atoms with Crippen LogP contribution < -0.4 is 27.0 Å². The van der Waals surface area contributed by atoms with Gasteiger partial charge in [-0.3, -0.25) is 4.79 Å². The van der Waals surface area contributed by atoms with Crippen molar-refractivity contribution in [3.63, 3.8) is 0 Å². The highest BCUT2D eigenvalue weighted by Gasteiger charge is 2.24. The maximum atomic E-state index is 12.5. The van der Waals surface area contributed by atoms with Crippen LogP contribution in [0.2, 0.25) is 0 Å². The van der Waals surface area contributed by atoms with Crippen molar-refractivity contribution in [3.05, 3.63) is 90.0 Å². The summed E-state index contributed by atoms with van der Waals surface area (Å²) in [4.78, 5) is 25.1. The smallest absolute Gasteiger partial charge is 0.338 e. The summed E-state index contributed by atoms with van der Waals surface area (Å²) in [5.74, 6) is -0.641. The van der Waals surface area contributed by atoms with E-state index in [9.17, 15) is 9.59 Å². The molecule has 1 amide bonds. The molecule has 5 nitrogen and oxygen atoms in total. The summed E-state index contributed by atoms with van der Waals surface area (Å²) in [6.45, 7) is 0.749. The standard InChI is InChI=1S/C23H23N2O3P/c1-28-23(27)20-13-12-17(22(26)25-15-14-24)16-21(20)29(18-8-4-2-5-9-18)19-10-6-3-7-11-19/h2-13,16H,14-15,24H2,1H3,(H,25,26). The monoisotopic (exact) mass is 406 g/mol. The number of hydrogen-bond acceptors (Lipinski definition) is 4. The van der Waals surface area contributed by atoms with Crippen molar-refractivity contribution >= 4 is 35.7 Å². The van der Waals surface area contributed by atoms with Gasteiger partial charge in [0.25, 0.3) is 5.91 Å². The lowest BCUT2D eigenvalue weighted by molar-refractivity contribution is 0.0602. The minimum absolute atomic E-state index is 0.218. The van der Waals surface area contributed by atoms with Gasteiger partial charge in [-0.1, -0.05) is 60.7 Å². The van der Waals surface area contributed by atoms with Crippen LogP contribution in [-0.4, -0.2) is 32.1 Å². The molecule has 148 valence electrons. The molecule has 0 saturated heterocycles. The molecule has 0 heterocycles. The Morgan fingerprint density at radius 2 is 1.52 bits per heavy atom. The maximum Gasteiger partial charge on any atom is 0.338 e. The SMILES string of the molecule is COC(=O)c1ccc(C(=O)NCCN)cc1P(c1ccccc1)c1ccccc1. The Hall–Kier alpha value is -3.01. The first kappa shape index (κ1) is 20.7. The minimum Gasteiger partial charge on any atom is -0.465 e. The summed E-state index contributed by atoms with van der Waals surface area (Å²) >= 11 is 0. The van der Waals surface area contributed by atoms with E-state index < -0.39 is 13.9 Å².